The van der Waals surface area contributed by atoms with Crippen molar-refractivity contribution in [2.75, 3.05) is 12.3 Å². The van der Waals surface area contributed by atoms with E-state index in [1.165, 1.54) is 32.1 Å². The van der Waals surface area contributed by atoms with Gasteiger partial charge in [0.05, 0.1) is 0 Å². The van der Waals surface area contributed by atoms with Gasteiger partial charge in [-0.3, -0.25) is 4.79 Å². The molecule has 5 rings (SSSR count). The Morgan fingerprint density at radius 3 is 2.45 bits per heavy atom. The minimum absolute atomic E-state index is 0.349. The van der Waals surface area contributed by atoms with Crippen molar-refractivity contribution >= 4 is 11.6 Å². The molecule has 3 heteroatoms. The van der Waals surface area contributed by atoms with Gasteiger partial charge in [0.1, 0.15) is 0 Å². The van der Waals surface area contributed by atoms with Crippen LogP contribution in [0.4, 0.5) is 5.69 Å². The fourth-order valence-corrected chi connectivity index (χ4v) is 5.24. The predicted octanol–water partition coefficient (Wildman–Crippen LogP) is 3.24. The summed E-state index contributed by atoms with van der Waals surface area (Å²) < 4.78 is 0. The molecule has 2 heterocycles. The number of carbonyl (C=O) groups excluding carboxylic acids is 1. The fourth-order valence-electron chi connectivity index (χ4n) is 5.24. The summed E-state index contributed by atoms with van der Waals surface area (Å²) in [6.07, 6.45) is 8.04. The summed E-state index contributed by atoms with van der Waals surface area (Å²) in [4.78, 5) is 15.0. The molecule has 1 aromatic rings. The number of fused-ring (bicyclic) bond motifs is 1. The molecule has 2 aliphatic heterocycles. The van der Waals surface area contributed by atoms with Crippen LogP contribution in [0, 0.1) is 17.8 Å². The number of hydrogen-bond donors (Lipinski definition) is 1. The molecule has 4 aliphatic rings. The van der Waals surface area contributed by atoms with Crippen molar-refractivity contribution in [2.24, 2.45) is 17.8 Å². The molecule has 2 saturated carbocycles. The summed E-state index contributed by atoms with van der Waals surface area (Å²) in [5, 5.41) is 0. The van der Waals surface area contributed by atoms with E-state index in [9.17, 15) is 4.79 Å². The Labute approximate surface area is 132 Å². The lowest BCUT2D eigenvalue weighted by atomic mass is 9.68. The molecule has 0 spiro atoms. The van der Waals surface area contributed by atoms with Crippen LogP contribution >= 0.6 is 0 Å². The van der Waals surface area contributed by atoms with Crippen LogP contribution in [0.2, 0.25) is 0 Å². The maximum Gasteiger partial charge on any atom is 0.223 e. The van der Waals surface area contributed by atoms with E-state index in [4.69, 9.17) is 5.73 Å². The molecular weight excluding hydrogens is 272 g/mol. The van der Waals surface area contributed by atoms with Gasteiger partial charge in [-0.1, -0.05) is 18.2 Å². The van der Waals surface area contributed by atoms with Gasteiger partial charge in [0.15, 0.2) is 0 Å². The summed E-state index contributed by atoms with van der Waals surface area (Å²) >= 11 is 0. The van der Waals surface area contributed by atoms with E-state index >= 15 is 0 Å². The van der Waals surface area contributed by atoms with E-state index in [1.54, 1.807) is 0 Å². The number of amides is 1. The Bertz CT molecular complexity index is 556. The summed E-state index contributed by atoms with van der Waals surface area (Å²) in [5.74, 6) is 2.90. The maximum atomic E-state index is 12.8. The molecule has 2 unspecified atom stereocenters. The summed E-state index contributed by atoms with van der Waals surface area (Å²) in [6, 6.07) is 8.44. The summed E-state index contributed by atoms with van der Waals surface area (Å²) in [6.45, 7) is 1.01. The first-order valence-electron chi connectivity index (χ1n) is 8.82. The lowest BCUT2D eigenvalue weighted by Crippen LogP contribution is -2.42. The van der Waals surface area contributed by atoms with Gasteiger partial charge in [0.25, 0.3) is 0 Å². The highest BCUT2D eigenvalue weighted by Crippen LogP contribution is 2.47. The van der Waals surface area contributed by atoms with Crippen molar-refractivity contribution in [3.8, 4) is 0 Å². The second-order valence-electron chi connectivity index (χ2n) is 7.68. The van der Waals surface area contributed by atoms with Crippen LogP contribution in [0.3, 0.4) is 0 Å². The molecule has 2 aliphatic carbocycles. The molecule has 1 amide bonds. The van der Waals surface area contributed by atoms with Crippen LogP contribution in [0.15, 0.2) is 24.3 Å². The van der Waals surface area contributed by atoms with Crippen molar-refractivity contribution in [1.82, 2.24) is 4.90 Å². The van der Waals surface area contributed by atoms with Gasteiger partial charge < -0.3 is 10.6 Å². The monoisotopic (exact) mass is 298 g/mol. The quantitative estimate of drug-likeness (QED) is 0.871. The lowest BCUT2D eigenvalue weighted by Gasteiger charge is -2.39. The van der Waals surface area contributed by atoms with E-state index in [0.717, 1.165) is 42.0 Å². The van der Waals surface area contributed by atoms with Crippen molar-refractivity contribution in [3.63, 3.8) is 0 Å². The molecule has 3 nitrogen and oxygen atoms in total. The van der Waals surface area contributed by atoms with Crippen LogP contribution < -0.4 is 5.73 Å². The highest BCUT2D eigenvalue weighted by atomic mass is 16.2. The third kappa shape index (κ3) is 2.62. The second kappa shape index (κ2) is 5.60. The molecule has 1 aromatic carbocycles. The number of nitrogens with two attached hydrogens (primary N) is 1. The van der Waals surface area contributed by atoms with Gasteiger partial charge in [0.2, 0.25) is 5.91 Å². The lowest BCUT2D eigenvalue weighted by molar-refractivity contribution is -0.134. The number of anilines is 1. The zero-order chi connectivity index (χ0) is 15.1. The topological polar surface area (TPSA) is 46.3 Å². The molecule has 2 atom stereocenters. The van der Waals surface area contributed by atoms with E-state index < -0.39 is 0 Å². The fraction of sp³-hybridized carbons (Fsp3) is 0.632. The number of carbonyl (C=O) groups is 1. The van der Waals surface area contributed by atoms with Crippen LogP contribution in [0.1, 0.15) is 44.1 Å². The SMILES string of the molecule is Nc1ccccc1CCC(=O)N1CC2CC3CC(C2)CC1C3. The molecule has 0 aromatic heterocycles. The molecule has 2 saturated heterocycles. The van der Waals surface area contributed by atoms with E-state index in [2.05, 4.69) is 4.90 Å². The average molecular weight is 298 g/mol. The minimum Gasteiger partial charge on any atom is -0.399 e. The highest BCUT2D eigenvalue weighted by Gasteiger charge is 2.43. The Morgan fingerprint density at radius 2 is 1.73 bits per heavy atom. The molecular formula is C19H26N2O. The Kier molecular flexibility index (Phi) is 3.59. The number of nitrogen functional groups attached to an aromatic ring is 1. The number of rotatable bonds is 3. The third-order valence-electron chi connectivity index (χ3n) is 6.09. The molecule has 2 N–H and O–H groups in total. The zero-order valence-electron chi connectivity index (χ0n) is 13.2. The highest BCUT2D eigenvalue weighted by molar-refractivity contribution is 5.77. The van der Waals surface area contributed by atoms with E-state index in [-0.39, 0.29) is 0 Å². The normalized spacial score (nSPS) is 33.0. The minimum atomic E-state index is 0.349. The smallest absolute Gasteiger partial charge is 0.223 e. The van der Waals surface area contributed by atoms with E-state index in [1.807, 2.05) is 24.3 Å². The van der Waals surface area contributed by atoms with Gasteiger partial charge in [-0.25, -0.2) is 0 Å². The molecule has 4 bridgehead atoms. The standard InChI is InChI=1S/C19H26N2O/c20-18-4-2-1-3-16(18)5-6-19(22)21-12-15-8-13-7-14(9-15)11-17(21)10-13/h1-4,13-15,17H,5-12,20H2. The Morgan fingerprint density at radius 1 is 1.05 bits per heavy atom. The molecule has 4 fully saturated rings. The van der Waals surface area contributed by atoms with Crippen molar-refractivity contribution in [2.45, 2.75) is 51.0 Å². The molecule has 0 radical (unpaired) electrons. The molecule has 22 heavy (non-hydrogen) atoms. The van der Waals surface area contributed by atoms with Gasteiger partial charge in [0, 0.05) is 24.7 Å². The van der Waals surface area contributed by atoms with E-state index in [0.29, 0.717) is 18.4 Å². The Hall–Kier alpha value is -1.51. The van der Waals surface area contributed by atoms with Crippen molar-refractivity contribution in [1.29, 1.82) is 0 Å². The van der Waals surface area contributed by atoms with Gasteiger partial charge in [-0.05, 0) is 67.9 Å². The first kappa shape index (κ1) is 14.1. The van der Waals surface area contributed by atoms with Crippen LogP contribution in [-0.4, -0.2) is 23.4 Å². The van der Waals surface area contributed by atoms with Crippen LogP contribution in [0.5, 0.6) is 0 Å². The number of hydrogen-bond acceptors (Lipinski definition) is 2. The largest absolute Gasteiger partial charge is 0.399 e. The Balaban J connectivity index is 1.43. The van der Waals surface area contributed by atoms with Gasteiger partial charge in [-0.2, -0.15) is 0 Å². The van der Waals surface area contributed by atoms with Crippen LogP contribution in [0.25, 0.3) is 0 Å². The van der Waals surface area contributed by atoms with Crippen molar-refractivity contribution < 1.29 is 4.79 Å². The maximum absolute atomic E-state index is 12.8. The zero-order valence-corrected chi connectivity index (χ0v) is 13.2. The predicted molar refractivity (Wildman–Crippen MR) is 88.2 cm³/mol. The average Bonchev–Trinajstić information content (AvgIpc) is 2.70. The number of para-hydroxylation sites is 1. The second-order valence-corrected chi connectivity index (χ2v) is 7.68. The number of aryl methyl sites for hydroxylation is 1. The van der Waals surface area contributed by atoms with Crippen LogP contribution in [-0.2, 0) is 11.2 Å². The summed E-state index contributed by atoms with van der Waals surface area (Å²) in [5.41, 5.74) is 7.91. The summed E-state index contributed by atoms with van der Waals surface area (Å²) in [7, 11) is 0. The number of nitrogens with zero attached hydrogens (tertiary/aromatic N) is 1. The number of benzene rings is 1. The first-order chi connectivity index (χ1) is 10.7. The molecule has 118 valence electrons. The van der Waals surface area contributed by atoms with Gasteiger partial charge in [-0.15, -0.1) is 0 Å². The first-order valence-corrected chi connectivity index (χ1v) is 8.82. The third-order valence-corrected chi connectivity index (χ3v) is 6.09. The van der Waals surface area contributed by atoms with Gasteiger partial charge >= 0.3 is 0 Å². The van der Waals surface area contributed by atoms with Crippen molar-refractivity contribution in [3.05, 3.63) is 29.8 Å².